The third kappa shape index (κ3) is 3.18. The summed E-state index contributed by atoms with van der Waals surface area (Å²) in [6.07, 6.45) is 0. The quantitative estimate of drug-likeness (QED) is 0.320. The molecule has 0 spiro atoms. The van der Waals surface area contributed by atoms with Crippen molar-refractivity contribution in [3.8, 4) is 0 Å². The molecule has 33 heavy (non-hydrogen) atoms. The van der Waals surface area contributed by atoms with Crippen LogP contribution < -0.4 is 10.3 Å². The van der Waals surface area contributed by atoms with Crippen LogP contribution in [0, 0.1) is 29.8 Å². The SMILES string of the molecule is Cc1cc2oc3c(c(=O)c2cc1C)C(c1cccc([N+](=O)[O-])c1)N(c1ccc(F)cc1)C3=O. The molecule has 5 rings (SSSR count). The molecule has 1 amide bonds. The van der Waals surface area contributed by atoms with Gasteiger partial charge in [-0.2, -0.15) is 0 Å². The second-order valence-corrected chi connectivity index (χ2v) is 8.01. The molecule has 1 atom stereocenters. The van der Waals surface area contributed by atoms with Crippen molar-refractivity contribution in [1.82, 2.24) is 0 Å². The Balaban J connectivity index is 1.83. The fourth-order valence-electron chi connectivity index (χ4n) is 4.22. The predicted molar refractivity (Wildman–Crippen MR) is 120 cm³/mol. The Morgan fingerprint density at radius 3 is 2.39 bits per heavy atom. The van der Waals surface area contributed by atoms with Crippen molar-refractivity contribution in [2.75, 3.05) is 4.90 Å². The number of benzene rings is 3. The van der Waals surface area contributed by atoms with Crippen LogP contribution in [-0.2, 0) is 0 Å². The van der Waals surface area contributed by atoms with Gasteiger partial charge in [-0.05, 0) is 66.9 Å². The first-order valence-corrected chi connectivity index (χ1v) is 10.2. The number of carbonyl (C=O) groups excluding carboxylic acids is 1. The third-order valence-electron chi connectivity index (χ3n) is 5.99. The van der Waals surface area contributed by atoms with Crippen LogP contribution in [0.5, 0.6) is 0 Å². The Hall–Kier alpha value is -4.33. The van der Waals surface area contributed by atoms with Gasteiger partial charge in [0.05, 0.1) is 21.9 Å². The second kappa shape index (κ2) is 7.37. The smallest absolute Gasteiger partial charge is 0.295 e. The minimum absolute atomic E-state index is 0.0978. The van der Waals surface area contributed by atoms with Crippen molar-refractivity contribution >= 4 is 28.3 Å². The largest absolute Gasteiger partial charge is 0.450 e. The highest BCUT2D eigenvalue weighted by Crippen LogP contribution is 2.42. The van der Waals surface area contributed by atoms with Gasteiger partial charge in [-0.1, -0.05) is 12.1 Å². The number of hydrogen-bond acceptors (Lipinski definition) is 5. The van der Waals surface area contributed by atoms with E-state index in [1.807, 2.05) is 13.8 Å². The van der Waals surface area contributed by atoms with Crippen molar-refractivity contribution in [1.29, 1.82) is 0 Å². The van der Waals surface area contributed by atoms with Crippen LogP contribution in [0.3, 0.4) is 0 Å². The van der Waals surface area contributed by atoms with Crippen molar-refractivity contribution in [2.45, 2.75) is 19.9 Å². The molecule has 164 valence electrons. The average molecular weight is 444 g/mol. The number of anilines is 1. The Bertz CT molecular complexity index is 1520. The lowest BCUT2D eigenvalue weighted by atomic mass is 9.97. The van der Waals surface area contributed by atoms with Crippen LogP contribution >= 0.6 is 0 Å². The number of non-ortho nitro benzene ring substituents is 1. The highest BCUT2D eigenvalue weighted by molar-refractivity contribution is 6.10. The van der Waals surface area contributed by atoms with Crippen LogP contribution in [-0.4, -0.2) is 10.8 Å². The van der Waals surface area contributed by atoms with E-state index >= 15 is 0 Å². The van der Waals surface area contributed by atoms with Crippen LogP contribution in [0.2, 0.25) is 0 Å². The molecule has 1 aliphatic heterocycles. The number of nitro groups is 1. The lowest BCUT2D eigenvalue weighted by Gasteiger charge is -2.25. The number of aryl methyl sites for hydroxylation is 2. The van der Waals surface area contributed by atoms with Crippen LogP contribution in [0.1, 0.15) is 38.9 Å². The van der Waals surface area contributed by atoms with E-state index in [2.05, 4.69) is 0 Å². The molecule has 1 aromatic heterocycles. The molecule has 8 heteroatoms. The molecule has 0 N–H and O–H groups in total. The fourth-order valence-corrected chi connectivity index (χ4v) is 4.22. The summed E-state index contributed by atoms with van der Waals surface area (Å²) in [6.45, 7) is 3.75. The maximum Gasteiger partial charge on any atom is 0.295 e. The van der Waals surface area contributed by atoms with Crippen molar-refractivity contribution in [3.63, 3.8) is 0 Å². The molecule has 0 radical (unpaired) electrons. The Labute approximate surface area is 186 Å². The summed E-state index contributed by atoms with van der Waals surface area (Å²) in [5, 5.41) is 11.7. The Kier molecular flexibility index (Phi) is 4.59. The standard InChI is InChI=1S/C25H17FN2O5/c1-13-10-19-20(11-14(13)2)33-24-21(23(19)29)22(15-4-3-5-18(12-15)28(31)32)27(25(24)30)17-8-6-16(26)7-9-17/h3-12,22H,1-2H3. The molecule has 7 nitrogen and oxygen atoms in total. The molecular formula is C25H17FN2O5. The van der Waals surface area contributed by atoms with E-state index in [0.717, 1.165) is 11.1 Å². The normalized spacial score (nSPS) is 15.2. The van der Waals surface area contributed by atoms with Gasteiger partial charge in [0.15, 0.2) is 5.43 Å². The molecule has 0 aliphatic carbocycles. The van der Waals surface area contributed by atoms with Gasteiger partial charge in [0.2, 0.25) is 5.76 Å². The van der Waals surface area contributed by atoms with E-state index in [9.17, 15) is 24.1 Å². The zero-order chi connectivity index (χ0) is 23.4. The van der Waals surface area contributed by atoms with Crippen LogP contribution in [0.4, 0.5) is 15.8 Å². The number of nitro benzene ring substituents is 1. The van der Waals surface area contributed by atoms with Gasteiger partial charge in [0, 0.05) is 17.8 Å². The molecule has 1 unspecified atom stereocenters. The number of nitrogens with zero attached hydrogens (tertiary/aromatic N) is 2. The van der Waals surface area contributed by atoms with Gasteiger partial charge in [-0.25, -0.2) is 4.39 Å². The number of halogens is 1. The second-order valence-electron chi connectivity index (χ2n) is 8.01. The first-order chi connectivity index (χ1) is 15.8. The molecule has 0 bridgehead atoms. The predicted octanol–water partition coefficient (Wildman–Crippen LogP) is 5.21. The van der Waals surface area contributed by atoms with E-state index in [-0.39, 0.29) is 28.0 Å². The van der Waals surface area contributed by atoms with Gasteiger partial charge in [-0.3, -0.25) is 24.6 Å². The topological polar surface area (TPSA) is 93.7 Å². The molecule has 4 aromatic rings. The summed E-state index contributed by atoms with van der Waals surface area (Å²) < 4.78 is 19.5. The monoisotopic (exact) mass is 444 g/mol. The maximum atomic E-state index is 13.6. The fraction of sp³-hybridized carbons (Fsp3) is 0.120. The van der Waals surface area contributed by atoms with Gasteiger partial charge < -0.3 is 4.42 Å². The highest BCUT2D eigenvalue weighted by Gasteiger charge is 2.44. The lowest BCUT2D eigenvalue weighted by molar-refractivity contribution is -0.384. The van der Waals surface area contributed by atoms with E-state index in [0.29, 0.717) is 16.6 Å². The summed E-state index contributed by atoms with van der Waals surface area (Å²) in [5.74, 6) is -1.19. The summed E-state index contributed by atoms with van der Waals surface area (Å²) in [7, 11) is 0. The number of fused-ring (bicyclic) bond motifs is 2. The van der Waals surface area contributed by atoms with Crippen molar-refractivity contribution in [2.24, 2.45) is 0 Å². The lowest BCUT2D eigenvalue weighted by Crippen LogP contribution is -2.29. The molecule has 0 saturated carbocycles. The summed E-state index contributed by atoms with van der Waals surface area (Å²) in [5.41, 5.74) is 2.32. The highest BCUT2D eigenvalue weighted by atomic mass is 19.1. The molecule has 0 saturated heterocycles. The first kappa shape index (κ1) is 20.6. The van der Waals surface area contributed by atoms with Gasteiger partial charge >= 0.3 is 0 Å². The van der Waals surface area contributed by atoms with Crippen LogP contribution in [0.25, 0.3) is 11.0 Å². The zero-order valence-corrected chi connectivity index (χ0v) is 17.7. The van der Waals surface area contributed by atoms with Gasteiger partial charge in [0.1, 0.15) is 11.4 Å². The van der Waals surface area contributed by atoms with Gasteiger partial charge in [-0.15, -0.1) is 0 Å². The zero-order valence-electron chi connectivity index (χ0n) is 17.7. The number of carbonyl (C=O) groups is 1. The van der Waals surface area contributed by atoms with E-state index in [4.69, 9.17) is 4.42 Å². The molecule has 1 aliphatic rings. The van der Waals surface area contributed by atoms with E-state index in [1.54, 1.807) is 18.2 Å². The maximum absolute atomic E-state index is 13.6. The van der Waals surface area contributed by atoms with Gasteiger partial charge in [0.25, 0.3) is 11.6 Å². The molecule has 3 aromatic carbocycles. The third-order valence-corrected chi connectivity index (χ3v) is 5.99. The van der Waals surface area contributed by atoms with E-state index < -0.39 is 22.7 Å². The minimum atomic E-state index is -0.972. The first-order valence-electron chi connectivity index (χ1n) is 10.2. The Morgan fingerprint density at radius 2 is 1.70 bits per heavy atom. The van der Waals surface area contributed by atoms with E-state index in [1.165, 1.54) is 47.4 Å². The van der Waals surface area contributed by atoms with Crippen molar-refractivity contribution in [3.05, 3.63) is 115 Å². The number of rotatable bonds is 3. The molecular weight excluding hydrogens is 427 g/mol. The molecule has 0 fully saturated rings. The number of amides is 1. The average Bonchev–Trinajstić information content (AvgIpc) is 3.08. The summed E-state index contributed by atoms with van der Waals surface area (Å²) in [6, 6.07) is 13.5. The van der Waals surface area contributed by atoms with Crippen molar-refractivity contribution < 1.29 is 18.5 Å². The molecule has 2 heterocycles. The summed E-state index contributed by atoms with van der Waals surface area (Å²) >= 11 is 0. The minimum Gasteiger partial charge on any atom is -0.450 e. The number of hydrogen-bond donors (Lipinski definition) is 0. The summed E-state index contributed by atoms with van der Waals surface area (Å²) in [4.78, 5) is 39.3. The van der Waals surface area contributed by atoms with Crippen LogP contribution in [0.15, 0.2) is 69.9 Å². The Morgan fingerprint density at radius 1 is 1.00 bits per heavy atom.